The van der Waals surface area contributed by atoms with Crippen LogP contribution in [0.1, 0.15) is 37.0 Å². The van der Waals surface area contributed by atoms with Crippen LogP contribution in [0.15, 0.2) is 91.0 Å². The minimum absolute atomic E-state index is 0.0360. The topological polar surface area (TPSA) is 50.4 Å². The van der Waals surface area contributed by atoms with E-state index in [4.69, 9.17) is 4.84 Å². The van der Waals surface area contributed by atoms with Crippen molar-refractivity contribution in [2.75, 3.05) is 0 Å². The second-order valence-corrected chi connectivity index (χ2v) is 6.79. The van der Waals surface area contributed by atoms with Gasteiger partial charge in [-0.15, -0.1) is 5.48 Å². The van der Waals surface area contributed by atoms with E-state index in [0.29, 0.717) is 0 Å². The summed E-state index contributed by atoms with van der Waals surface area (Å²) in [6.07, 6.45) is 0.331. The van der Waals surface area contributed by atoms with Crippen LogP contribution in [-0.4, -0.2) is 12.1 Å². The third-order valence-corrected chi connectivity index (χ3v) is 4.89. The van der Waals surface area contributed by atoms with Crippen LogP contribution < -0.4 is 10.8 Å². The molecule has 0 saturated heterocycles. The third-order valence-electron chi connectivity index (χ3n) is 4.89. The molecule has 3 aromatic rings. The summed E-state index contributed by atoms with van der Waals surface area (Å²) in [5, 5.41) is 2.83. The molecule has 1 atom stereocenters. The van der Waals surface area contributed by atoms with Crippen molar-refractivity contribution in [2.24, 2.45) is 0 Å². The second-order valence-electron chi connectivity index (χ2n) is 6.79. The first-order valence-corrected chi connectivity index (χ1v) is 9.58. The van der Waals surface area contributed by atoms with E-state index < -0.39 is 11.6 Å². The van der Waals surface area contributed by atoms with Crippen LogP contribution in [0.5, 0.6) is 0 Å². The molecule has 0 aromatic heterocycles. The van der Waals surface area contributed by atoms with Gasteiger partial charge in [0.15, 0.2) is 0 Å². The number of hydroxylamine groups is 1. The molecule has 0 aliphatic rings. The Bertz CT molecular complexity index is 770. The molecule has 0 bridgehead atoms. The molecule has 3 aromatic carbocycles. The fraction of sp³-hybridized carbons (Fsp3) is 0.208. The average Bonchev–Trinajstić information content (AvgIpc) is 2.76. The number of carbonyl (C=O) groups is 1. The molecule has 28 heavy (non-hydrogen) atoms. The zero-order valence-corrected chi connectivity index (χ0v) is 16.3. The van der Waals surface area contributed by atoms with E-state index in [-0.39, 0.29) is 6.04 Å². The van der Waals surface area contributed by atoms with Gasteiger partial charge in [0.1, 0.15) is 5.54 Å². The molecule has 4 heteroatoms. The van der Waals surface area contributed by atoms with Crippen molar-refractivity contribution in [1.29, 1.82) is 0 Å². The Hall–Kier alpha value is -3.11. The summed E-state index contributed by atoms with van der Waals surface area (Å²) < 4.78 is 0. The van der Waals surface area contributed by atoms with Crippen molar-refractivity contribution >= 4 is 6.09 Å². The predicted octanol–water partition coefficient (Wildman–Crippen LogP) is 5.01. The molecule has 0 aliphatic heterocycles. The molecule has 0 heterocycles. The molecule has 4 nitrogen and oxygen atoms in total. The minimum atomic E-state index is -0.837. The molecule has 0 fully saturated rings. The molecular formula is C24H26N2O2. The first-order chi connectivity index (χ1) is 13.7. The number of benzene rings is 3. The van der Waals surface area contributed by atoms with Crippen LogP contribution in [0, 0.1) is 0 Å². The predicted molar refractivity (Wildman–Crippen MR) is 112 cm³/mol. The minimum Gasteiger partial charge on any atom is -0.352 e. The zero-order valence-electron chi connectivity index (χ0n) is 16.3. The Morgan fingerprint density at radius 3 is 1.57 bits per heavy atom. The number of amides is 1. The van der Waals surface area contributed by atoms with Crippen molar-refractivity contribution in [3.63, 3.8) is 0 Å². The van der Waals surface area contributed by atoms with Crippen molar-refractivity contribution in [3.05, 3.63) is 108 Å². The van der Waals surface area contributed by atoms with Gasteiger partial charge in [-0.3, -0.25) is 0 Å². The molecule has 1 unspecified atom stereocenters. The Morgan fingerprint density at radius 2 is 1.21 bits per heavy atom. The summed E-state index contributed by atoms with van der Waals surface area (Å²) in [7, 11) is 0. The number of carbonyl (C=O) groups excluding carboxylic acids is 1. The highest BCUT2D eigenvalue weighted by Gasteiger charge is 2.38. The van der Waals surface area contributed by atoms with Gasteiger partial charge in [0.25, 0.3) is 0 Å². The van der Waals surface area contributed by atoms with Crippen LogP contribution in [0.4, 0.5) is 4.79 Å². The maximum Gasteiger partial charge on any atom is 0.426 e. The van der Waals surface area contributed by atoms with E-state index in [2.05, 4.69) is 10.8 Å². The van der Waals surface area contributed by atoms with E-state index in [0.717, 1.165) is 23.1 Å². The first kappa shape index (κ1) is 19.6. The zero-order chi connectivity index (χ0) is 19.8. The van der Waals surface area contributed by atoms with E-state index in [1.54, 1.807) is 0 Å². The Kier molecular flexibility index (Phi) is 6.45. The first-order valence-electron chi connectivity index (χ1n) is 9.58. The fourth-order valence-electron chi connectivity index (χ4n) is 3.20. The SMILES string of the molecule is CCC(C)NC(=O)ONC(c1ccccc1)(c1ccccc1)c1ccccc1. The molecule has 3 rings (SSSR count). The van der Waals surface area contributed by atoms with Gasteiger partial charge in [-0.2, -0.15) is 0 Å². The Labute approximate surface area is 166 Å². The van der Waals surface area contributed by atoms with Crippen LogP contribution in [0.2, 0.25) is 0 Å². The van der Waals surface area contributed by atoms with Gasteiger partial charge in [-0.05, 0) is 30.0 Å². The molecule has 0 saturated carbocycles. The Morgan fingerprint density at radius 1 is 0.821 bits per heavy atom. The fourth-order valence-corrected chi connectivity index (χ4v) is 3.20. The highest BCUT2D eigenvalue weighted by atomic mass is 16.7. The van der Waals surface area contributed by atoms with Gasteiger partial charge in [-0.25, -0.2) is 4.79 Å². The van der Waals surface area contributed by atoms with Gasteiger partial charge >= 0.3 is 6.09 Å². The van der Waals surface area contributed by atoms with Crippen LogP contribution in [-0.2, 0) is 10.4 Å². The normalized spacial score (nSPS) is 12.2. The van der Waals surface area contributed by atoms with Gasteiger partial charge in [0, 0.05) is 6.04 Å². The van der Waals surface area contributed by atoms with Gasteiger partial charge in [-0.1, -0.05) is 97.9 Å². The molecule has 0 aliphatic carbocycles. The number of hydrogen-bond donors (Lipinski definition) is 2. The highest BCUT2D eigenvalue weighted by Crippen LogP contribution is 2.36. The maximum atomic E-state index is 12.4. The lowest BCUT2D eigenvalue weighted by atomic mass is 9.78. The largest absolute Gasteiger partial charge is 0.426 e. The van der Waals surface area contributed by atoms with Crippen LogP contribution >= 0.6 is 0 Å². The number of nitrogens with one attached hydrogen (secondary N) is 2. The standard InChI is InChI=1S/C24H26N2O2/c1-3-19(2)25-23(27)28-26-24(20-13-7-4-8-14-20,21-15-9-5-10-16-21)22-17-11-6-12-18-22/h4-19,26H,3H2,1-2H3,(H,25,27). The highest BCUT2D eigenvalue weighted by molar-refractivity contribution is 5.67. The maximum absolute atomic E-state index is 12.4. The van der Waals surface area contributed by atoms with Crippen LogP contribution in [0.3, 0.4) is 0 Å². The summed E-state index contributed by atoms with van der Waals surface area (Å²) in [6.45, 7) is 3.96. The lowest BCUT2D eigenvalue weighted by molar-refractivity contribution is 0.0524. The van der Waals surface area contributed by atoms with E-state index >= 15 is 0 Å². The molecular weight excluding hydrogens is 348 g/mol. The molecule has 1 amide bonds. The number of hydrogen-bond acceptors (Lipinski definition) is 3. The quantitative estimate of drug-likeness (QED) is 0.452. The molecule has 2 N–H and O–H groups in total. The lowest BCUT2D eigenvalue weighted by Crippen LogP contribution is -2.48. The lowest BCUT2D eigenvalue weighted by Gasteiger charge is -2.35. The van der Waals surface area contributed by atoms with E-state index in [9.17, 15) is 4.79 Å². The second kappa shape index (κ2) is 9.20. The monoisotopic (exact) mass is 374 g/mol. The summed E-state index contributed by atoms with van der Waals surface area (Å²) in [6, 6.07) is 30.0. The molecule has 0 radical (unpaired) electrons. The summed E-state index contributed by atoms with van der Waals surface area (Å²) >= 11 is 0. The van der Waals surface area contributed by atoms with Gasteiger partial charge in [0.05, 0.1) is 0 Å². The molecule has 144 valence electrons. The van der Waals surface area contributed by atoms with Gasteiger partial charge in [0.2, 0.25) is 0 Å². The van der Waals surface area contributed by atoms with Crippen molar-refractivity contribution in [3.8, 4) is 0 Å². The summed E-state index contributed by atoms with van der Waals surface area (Å²) in [5.74, 6) is 0. The average molecular weight is 374 g/mol. The van der Waals surface area contributed by atoms with E-state index in [1.807, 2.05) is 105 Å². The molecule has 0 spiro atoms. The summed E-state index contributed by atoms with van der Waals surface area (Å²) in [4.78, 5) is 17.9. The van der Waals surface area contributed by atoms with Gasteiger partial charge < -0.3 is 10.2 Å². The van der Waals surface area contributed by atoms with Crippen molar-refractivity contribution in [1.82, 2.24) is 10.8 Å². The third kappa shape index (κ3) is 4.24. The van der Waals surface area contributed by atoms with Crippen molar-refractivity contribution in [2.45, 2.75) is 31.8 Å². The Balaban J connectivity index is 2.08. The van der Waals surface area contributed by atoms with Crippen molar-refractivity contribution < 1.29 is 9.63 Å². The summed E-state index contributed by atoms with van der Waals surface area (Å²) in [5.41, 5.74) is 5.19. The number of rotatable bonds is 7. The van der Waals surface area contributed by atoms with Crippen LogP contribution in [0.25, 0.3) is 0 Å². The van der Waals surface area contributed by atoms with E-state index in [1.165, 1.54) is 0 Å². The smallest absolute Gasteiger partial charge is 0.352 e.